The lowest BCUT2D eigenvalue weighted by Gasteiger charge is -2.09. The van der Waals surface area contributed by atoms with Gasteiger partial charge in [-0.2, -0.15) is 0 Å². The summed E-state index contributed by atoms with van der Waals surface area (Å²) in [7, 11) is 0. The van der Waals surface area contributed by atoms with Crippen molar-refractivity contribution >= 4 is 78.6 Å². The van der Waals surface area contributed by atoms with Gasteiger partial charge in [0.1, 0.15) is 12.4 Å². The molecule has 7 heteroatoms. The van der Waals surface area contributed by atoms with Gasteiger partial charge in [-0.1, -0.05) is 29.4 Å². The SMILES string of the molecule is C#CCOc1c(I)cc(I)cc1/C=c1/sc2nc3ccccc3n2c1=O. The number of aromatic nitrogens is 2. The second kappa shape index (κ2) is 7.17. The zero-order valence-corrected chi connectivity index (χ0v) is 18.3. The van der Waals surface area contributed by atoms with Crippen LogP contribution in [0.4, 0.5) is 0 Å². The van der Waals surface area contributed by atoms with Gasteiger partial charge in [-0.05, 0) is 75.5 Å². The lowest BCUT2D eigenvalue weighted by Crippen LogP contribution is -2.22. The summed E-state index contributed by atoms with van der Waals surface area (Å²) in [6, 6.07) is 11.6. The molecule has 0 N–H and O–H groups in total. The predicted molar refractivity (Wildman–Crippen MR) is 122 cm³/mol. The van der Waals surface area contributed by atoms with E-state index in [0.717, 1.165) is 23.7 Å². The minimum atomic E-state index is -0.0736. The summed E-state index contributed by atoms with van der Waals surface area (Å²) in [6.07, 6.45) is 7.18. The monoisotopic (exact) mass is 584 g/mol. The highest BCUT2D eigenvalue weighted by Gasteiger charge is 2.13. The molecule has 0 amide bonds. The molecule has 0 aliphatic carbocycles. The number of hydrogen-bond acceptors (Lipinski definition) is 4. The molecule has 0 aliphatic heterocycles. The summed E-state index contributed by atoms with van der Waals surface area (Å²) in [4.78, 5) is 18.2. The molecule has 2 aromatic carbocycles. The van der Waals surface area contributed by atoms with E-state index in [9.17, 15) is 4.79 Å². The lowest BCUT2D eigenvalue weighted by atomic mass is 10.2. The first kappa shape index (κ1) is 17.8. The van der Waals surface area contributed by atoms with Gasteiger partial charge in [0.05, 0.1) is 19.1 Å². The van der Waals surface area contributed by atoms with Crippen LogP contribution in [0.25, 0.3) is 22.1 Å². The maximum atomic E-state index is 12.9. The minimum absolute atomic E-state index is 0.0736. The van der Waals surface area contributed by atoms with Gasteiger partial charge in [-0.25, -0.2) is 9.38 Å². The molecule has 0 radical (unpaired) electrons. The standard InChI is InChI=1S/C19H10I2N2O2S/c1-2-7-25-17-11(8-12(20)10-13(17)21)9-16-18(24)23-15-6-4-3-5-14(15)22-19(23)26-16/h1,3-6,8-10H,7H2/b16-9+. The summed E-state index contributed by atoms with van der Waals surface area (Å²) in [5, 5.41) is 0. The van der Waals surface area contributed by atoms with Crippen molar-refractivity contribution in [3.05, 3.63) is 64.0 Å². The fraction of sp³-hybridized carbons (Fsp3) is 0.0526. The third-order valence-corrected chi connectivity index (χ3v) is 6.16. The number of ether oxygens (including phenoxy) is 1. The molecule has 0 fully saturated rings. The second-order valence-corrected chi connectivity index (χ2v) is 8.85. The molecule has 2 aromatic heterocycles. The Labute approximate surface area is 180 Å². The summed E-state index contributed by atoms with van der Waals surface area (Å²) in [5.74, 6) is 3.18. The van der Waals surface area contributed by atoms with E-state index in [4.69, 9.17) is 11.2 Å². The van der Waals surface area contributed by atoms with Crippen molar-refractivity contribution in [2.45, 2.75) is 0 Å². The molecule has 128 valence electrons. The number of halogens is 2. The molecule has 0 saturated heterocycles. The van der Waals surface area contributed by atoms with Crippen molar-refractivity contribution in [2.75, 3.05) is 6.61 Å². The van der Waals surface area contributed by atoms with Crippen LogP contribution in [0.5, 0.6) is 5.75 Å². The Hall–Kier alpha value is -1.64. The van der Waals surface area contributed by atoms with Crippen LogP contribution in [0, 0.1) is 19.5 Å². The second-order valence-electron chi connectivity index (χ2n) is 5.43. The molecule has 0 unspecified atom stereocenters. The smallest absolute Gasteiger partial charge is 0.274 e. The molecule has 0 bridgehead atoms. The Bertz CT molecular complexity index is 1300. The van der Waals surface area contributed by atoms with Crippen molar-refractivity contribution < 1.29 is 4.74 Å². The highest BCUT2D eigenvalue weighted by molar-refractivity contribution is 14.1. The largest absolute Gasteiger partial charge is 0.479 e. The Morgan fingerprint density at radius 3 is 2.92 bits per heavy atom. The highest BCUT2D eigenvalue weighted by atomic mass is 127. The molecule has 2 heterocycles. The van der Waals surface area contributed by atoms with E-state index in [2.05, 4.69) is 56.1 Å². The van der Waals surface area contributed by atoms with Crippen LogP contribution >= 0.6 is 56.5 Å². The number of fused-ring (bicyclic) bond motifs is 3. The molecule has 4 nitrogen and oxygen atoms in total. The van der Waals surface area contributed by atoms with E-state index in [1.807, 2.05) is 42.5 Å². The average Bonchev–Trinajstić information content (AvgIpc) is 3.11. The number of para-hydroxylation sites is 2. The van der Waals surface area contributed by atoms with Crippen LogP contribution in [0.1, 0.15) is 5.56 Å². The Morgan fingerprint density at radius 1 is 1.31 bits per heavy atom. The number of benzene rings is 2. The van der Waals surface area contributed by atoms with Gasteiger partial charge in [0, 0.05) is 9.13 Å². The van der Waals surface area contributed by atoms with E-state index in [1.165, 1.54) is 11.3 Å². The fourth-order valence-electron chi connectivity index (χ4n) is 2.71. The third kappa shape index (κ3) is 3.10. The van der Waals surface area contributed by atoms with Crippen molar-refractivity contribution in [2.24, 2.45) is 0 Å². The Balaban J connectivity index is 1.96. The average molecular weight is 584 g/mol. The van der Waals surface area contributed by atoms with Gasteiger partial charge >= 0.3 is 0 Å². The first-order valence-electron chi connectivity index (χ1n) is 7.55. The molecule has 0 saturated carbocycles. The van der Waals surface area contributed by atoms with Crippen LogP contribution in [-0.2, 0) is 0 Å². The fourth-order valence-corrected chi connectivity index (χ4v) is 5.73. The number of terminal acetylenes is 1. The van der Waals surface area contributed by atoms with Crippen molar-refractivity contribution in [3.8, 4) is 18.1 Å². The molecule has 0 aliphatic rings. The quantitative estimate of drug-likeness (QED) is 0.273. The van der Waals surface area contributed by atoms with Gasteiger partial charge in [-0.3, -0.25) is 4.79 Å². The molecule has 0 spiro atoms. The van der Waals surface area contributed by atoms with Crippen LogP contribution in [0.2, 0.25) is 0 Å². The summed E-state index contributed by atoms with van der Waals surface area (Å²) < 4.78 is 10.00. The topological polar surface area (TPSA) is 43.6 Å². The Morgan fingerprint density at radius 2 is 2.12 bits per heavy atom. The lowest BCUT2D eigenvalue weighted by molar-refractivity contribution is 0.367. The third-order valence-electron chi connectivity index (χ3n) is 3.77. The molecular weight excluding hydrogens is 574 g/mol. The molecule has 26 heavy (non-hydrogen) atoms. The van der Waals surface area contributed by atoms with E-state index < -0.39 is 0 Å². The minimum Gasteiger partial charge on any atom is -0.479 e. The van der Waals surface area contributed by atoms with E-state index in [0.29, 0.717) is 15.2 Å². The van der Waals surface area contributed by atoms with Gasteiger partial charge < -0.3 is 4.74 Å². The number of rotatable bonds is 3. The highest BCUT2D eigenvalue weighted by Crippen LogP contribution is 2.29. The predicted octanol–water partition coefficient (Wildman–Crippen LogP) is 3.68. The number of nitrogens with zero attached hydrogens (tertiary/aromatic N) is 2. The Kier molecular flexibility index (Phi) is 4.90. The van der Waals surface area contributed by atoms with Crippen molar-refractivity contribution in [3.63, 3.8) is 0 Å². The maximum absolute atomic E-state index is 12.9. The number of hydrogen-bond donors (Lipinski definition) is 0. The van der Waals surface area contributed by atoms with Gasteiger partial charge in [0.2, 0.25) is 0 Å². The van der Waals surface area contributed by atoms with E-state index in [1.54, 1.807) is 4.40 Å². The normalized spacial score (nSPS) is 12.0. The molecular formula is C19H10I2N2O2S. The van der Waals surface area contributed by atoms with Crippen LogP contribution in [0.15, 0.2) is 41.2 Å². The number of imidazole rings is 1. The molecule has 0 atom stereocenters. The van der Waals surface area contributed by atoms with E-state index >= 15 is 0 Å². The summed E-state index contributed by atoms with van der Waals surface area (Å²) in [6.45, 7) is 0.181. The van der Waals surface area contributed by atoms with Crippen LogP contribution in [0.3, 0.4) is 0 Å². The molecule has 4 aromatic rings. The van der Waals surface area contributed by atoms with Gasteiger partial charge in [0.15, 0.2) is 4.96 Å². The zero-order chi connectivity index (χ0) is 18.3. The summed E-state index contributed by atoms with van der Waals surface area (Å²) in [5.41, 5.74) is 2.41. The van der Waals surface area contributed by atoms with Crippen molar-refractivity contribution in [1.82, 2.24) is 9.38 Å². The van der Waals surface area contributed by atoms with E-state index in [-0.39, 0.29) is 12.2 Å². The first-order chi connectivity index (χ1) is 12.6. The maximum Gasteiger partial charge on any atom is 0.274 e. The van der Waals surface area contributed by atoms with Crippen LogP contribution in [-0.4, -0.2) is 16.0 Å². The number of thiazole rings is 1. The van der Waals surface area contributed by atoms with Gasteiger partial charge in [0.25, 0.3) is 5.56 Å². The first-order valence-corrected chi connectivity index (χ1v) is 10.5. The summed E-state index contributed by atoms with van der Waals surface area (Å²) >= 11 is 5.84. The van der Waals surface area contributed by atoms with Crippen molar-refractivity contribution in [1.29, 1.82) is 0 Å². The van der Waals surface area contributed by atoms with Gasteiger partial charge in [-0.15, -0.1) is 6.42 Å². The zero-order valence-electron chi connectivity index (χ0n) is 13.2. The molecule has 4 rings (SSSR count). The van der Waals surface area contributed by atoms with Crippen LogP contribution < -0.4 is 14.8 Å².